The molecule has 2 unspecified atom stereocenters. The summed E-state index contributed by atoms with van der Waals surface area (Å²) in [6, 6.07) is 7.91. The first-order chi connectivity index (χ1) is 22.7. The number of hydrogen-bond donors (Lipinski definition) is 4. The number of rotatable bonds is 12. The third-order valence-electron chi connectivity index (χ3n) is 8.40. The van der Waals surface area contributed by atoms with Crippen LogP contribution < -0.4 is 21.5 Å². The van der Waals surface area contributed by atoms with Crippen molar-refractivity contribution in [2.75, 3.05) is 33.5 Å². The lowest BCUT2D eigenvalue weighted by Crippen LogP contribution is -2.23. The number of aromatic nitrogens is 2. The van der Waals surface area contributed by atoms with Crippen LogP contribution in [0.4, 0.5) is 14.5 Å². The summed E-state index contributed by atoms with van der Waals surface area (Å²) < 4.78 is 34.6. The van der Waals surface area contributed by atoms with Crippen LogP contribution in [0.15, 0.2) is 42.0 Å². The standard InChI is InChI=1S/C33H39F2N5O.C2H6.CH5N.CH4O/c1-6-18(2)26-15-28(40-32(19(26)3)25-11-12-37-33(35)30(25)34)27(21-7-8-21)17-38-20(4)22-13-23(16-39-24-9-10-24)31(36)29(14-22)41-5;3*1-2/h11-16,18,21,24,27,38H,4,6-10,17,36H2,1-3,5H3;1-2H3;2H2,1H3;2H,1H3. The minimum absolute atomic E-state index is 0.0789. The SMILES string of the molecule is C=C(NCC(c1cc(C(C)CC)c(C)c(-c2ccnc(F)c2F)n1)C1CC1)c1cc(C=NC2CC2)c(N)c(OC)c1.CC.CN.CO. The van der Waals surface area contributed by atoms with E-state index in [4.69, 9.17) is 20.6 Å². The largest absolute Gasteiger partial charge is 0.495 e. The van der Waals surface area contributed by atoms with Crippen LogP contribution >= 0.6 is 0 Å². The zero-order valence-electron chi connectivity index (χ0n) is 29.3. The second kappa shape index (κ2) is 19.1. The second-order valence-corrected chi connectivity index (χ2v) is 11.4. The molecule has 2 saturated carbocycles. The molecule has 2 atom stereocenters. The minimum atomic E-state index is -1.11. The van der Waals surface area contributed by atoms with E-state index in [-0.39, 0.29) is 17.4 Å². The first-order valence-corrected chi connectivity index (χ1v) is 16.5. The zero-order chi connectivity index (χ0) is 35.3. The number of halogens is 2. The molecule has 2 heterocycles. The van der Waals surface area contributed by atoms with Crippen molar-refractivity contribution in [1.29, 1.82) is 0 Å². The quantitative estimate of drug-likeness (QED) is 0.0912. The maximum absolute atomic E-state index is 14.9. The van der Waals surface area contributed by atoms with E-state index in [1.54, 1.807) is 7.11 Å². The fourth-order valence-electron chi connectivity index (χ4n) is 5.29. The van der Waals surface area contributed by atoms with E-state index in [9.17, 15) is 8.78 Å². The number of methoxy groups -OCH3 is 1. The van der Waals surface area contributed by atoms with Crippen LogP contribution in [0.2, 0.25) is 0 Å². The number of benzene rings is 1. The van der Waals surface area contributed by atoms with E-state index in [1.165, 1.54) is 19.3 Å². The number of hydrogen-bond acceptors (Lipinski definition) is 8. The molecular formula is C37H54F2N6O2. The van der Waals surface area contributed by atoms with Crippen molar-refractivity contribution >= 4 is 17.6 Å². The van der Waals surface area contributed by atoms with Gasteiger partial charge in [0.1, 0.15) is 5.75 Å². The van der Waals surface area contributed by atoms with Gasteiger partial charge >= 0.3 is 0 Å². The molecule has 258 valence electrons. The van der Waals surface area contributed by atoms with Crippen molar-refractivity contribution in [2.24, 2.45) is 16.6 Å². The Morgan fingerprint density at radius 2 is 1.83 bits per heavy atom. The highest BCUT2D eigenvalue weighted by Crippen LogP contribution is 2.44. The molecule has 0 spiro atoms. The lowest BCUT2D eigenvalue weighted by atomic mass is 9.88. The molecule has 2 aliphatic rings. The summed E-state index contributed by atoms with van der Waals surface area (Å²) in [4.78, 5) is 13.0. The number of aliphatic hydroxyl groups excluding tert-OH is 1. The van der Waals surface area contributed by atoms with Gasteiger partial charge < -0.3 is 26.6 Å². The number of ether oxygens (including phenoxy) is 1. The molecule has 0 amide bonds. The van der Waals surface area contributed by atoms with Gasteiger partial charge in [-0.05, 0) is 93.3 Å². The van der Waals surface area contributed by atoms with Crippen molar-refractivity contribution in [2.45, 2.75) is 84.6 Å². The van der Waals surface area contributed by atoms with E-state index in [2.05, 4.69) is 47.5 Å². The molecule has 0 radical (unpaired) electrons. The Balaban J connectivity index is 0.00000121. The smallest absolute Gasteiger partial charge is 0.249 e. The highest BCUT2D eigenvalue weighted by molar-refractivity contribution is 5.91. The highest BCUT2D eigenvalue weighted by atomic mass is 19.2. The first kappa shape index (κ1) is 39.3. The molecule has 47 heavy (non-hydrogen) atoms. The first-order valence-electron chi connectivity index (χ1n) is 16.5. The van der Waals surface area contributed by atoms with E-state index in [0.717, 1.165) is 72.9 Å². The van der Waals surface area contributed by atoms with Gasteiger partial charge in [-0.25, -0.2) is 9.37 Å². The molecule has 0 aliphatic heterocycles. The lowest BCUT2D eigenvalue weighted by molar-refractivity contribution is 0.399. The van der Waals surface area contributed by atoms with Crippen molar-refractivity contribution in [1.82, 2.24) is 15.3 Å². The normalized spacial score (nSPS) is 14.8. The van der Waals surface area contributed by atoms with Crippen molar-refractivity contribution in [3.63, 3.8) is 0 Å². The van der Waals surface area contributed by atoms with Gasteiger partial charge in [0.2, 0.25) is 5.95 Å². The molecule has 0 bridgehead atoms. The van der Waals surface area contributed by atoms with E-state index in [1.807, 2.05) is 39.1 Å². The summed E-state index contributed by atoms with van der Waals surface area (Å²) >= 11 is 0. The lowest BCUT2D eigenvalue weighted by Gasteiger charge is -2.24. The van der Waals surface area contributed by atoms with E-state index in [0.29, 0.717) is 35.6 Å². The van der Waals surface area contributed by atoms with Gasteiger partial charge in [-0.2, -0.15) is 4.39 Å². The second-order valence-electron chi connectivity index (χ2n) is 11.4. The Bertz CT molecular complexity index is 1490. The van der Waals surface area contributed by atoms with Crippen LogP contribution in [-0.4, -0.2) is 55.1 Å². The molecule has 2 fully saturated rings. The molecule has 10 heteroatoms. The zero-order valence-corrected chi connectivity index (χ0v) is 29.3. The number of nitrogens with one attached hydrogen (secondary N) is 1. The van der Waals surface area contributed by atoms with Crippen LogP contribution in [0.3, 0.4) is 0 Å². The molecule has 0 saturated heterocycles. The van der Waals surface area contributed by atoms with Crippen LogP contribution in [0.1, 0.15) is 99.6 Å². The van der Waals surface area contributed by atoms with E-state index < -0.39 is 11.8 Å². The van der Waals surface area contributed by atoms with Gasteiger partial charge in [-0.1, -0.05) is 34.3 Å². The van der Waals surface area contributed by atoms with E-state index >= 15 is 0 Å². The van der Waals surface area contributed by atoms with Crippen LogP contribution in [0.5, 0.6) is 5.75 Å². The molecule has 2 aromatic heterocycles. The minimum Gasteiger partial charge on any atom is -0.495 e. The average molecular weight is 653 g/mol. The fourth-order valence-corrected chi connectivity index (χ4v) is 5.29. The Labute approximate surface area is 279 Å². The van der Waals surface area contributed by atoms with Crippen molar-refractivity contribution in [3.05, 3.63) is 76.8 Å². The van der Waals surface area contributed by atoms with Crippen LogP contribution in [0, 0.1) is 24.6 Å². The van der Waals surface area contributed by atoms with Gasteiger partial charge in [-0.15, -0.1) is 0 Å². The number of pyridine rings is 2. The average Bonchev–Trinajstić information content (AvgIpc) is 4.05. The Morgan fingerprint density at radius 1 is 1.17 bits per heavy atom. The number of aliphatic imine (C=N–C) groups is 1. The molecule has 5 rings (SSSR count). The highest BCUT2D eigenvalue weighted by Gasteiger charge is 2.34. The van der Waals surface area contributed by atoms with Crippen molar-refractivity contribution in [3.8, 4) is 17.0 Å². The molecule has 8 nitrogen and oxygen atoms in total. The predicted octanol–water partition coefficient (Wildman–Crippen LogP) is 7.38. The third-order valence-corrected chi connectivity index (χ3v) is 8.40. The van der Waals surface area contributed by atoms with Gasteiger partial charge in [0.25, 0.3) is 0 Å². The number of nitrogens with zero attached hydrogens (tertiary/aromatic N) is 3. The van der Waals surface area contributed by atoms with Crippen LogP contribution in [0.25, 0.3) is 17.0 Å². The molecular weight excluding hydrogens is 598 g/mol. The molecule has 6 N–H and O–H groups in total. The monoisotopic (exact) mass is 652 g/mol. The number of nitrogen functional groups attached to an aromatic ring is 1. The third kappa shape index (κ3) is 10.0. The number of anilines is 1. The Hall–Kier alpha value is -3.89. The van der Waals surface area contributed by atoms with Gasteiger partial charge in [-0.3, -0.25) is 9.98 Å². The number of aliphatic hydroxyl groups is 1. The maximum atomic E-state index is 14.9. The van der Waals surface area contributed by atoms with Crippen LogP contribution in [-0.2, 0) is 0 Å². The number of nitrogens with two attached hydrogens (primary N) is 2. The van der Waals surface area contributed by atoms with Gasteiger partial charge in [0, 0.05) is 60.1 Å². The summed E-state index contributed by atoms with van der Waals surface area (Å²) in [7, 11) is 4.10. The van der Waals surface area contributed by atoms with Gasteiger partial charge in [0.05, 0.1) is 24.5 Å². The molecule has 1 aromatic carbocycles. The Morgan fingerprint density at radius 3 is 2.40 bits per heavy atom. The molecule has 3 aromatic rings. The maximum Gasteiger partial charge on any atom is 0.249 e. The topological polar surface area (TPSA) is 132 Å². The summed E-state index contributed by atoms with van der Waals surface area (Å²) in [5, 5.41) is 10.5. The summed E-state index contributed by atoms with van der Waals surface area (Å²) in [5.74, 6) is -0.735. The van der Waals surface area contributed by atoms with Crippen molar-refractivity contribution < 1.29 is 18.6 Å². The summed E-state index contributed by atoms with van der Waals surface area (Å²) in [6.07, 6.45) is 8.45. The summed E-state index contributed by atoms with van der Waals surface area (Å²) in [6.45, 7) is 15.1. The predicted molar refractivity (Wildman–Crippen MR) is 191 cm³/mol. The fraction of sp³-hybridized carbons (Fsp3) is 0.486. The Kier molecular flexibility index (Phi) is 15.9. The summed E-state index contributed by atoms with van der Waals surface area (Å²) in [5.41, 5.74) is 17.3. The van der Waals surface area contributed by atoms with Gasteiger partial charge in [0.15, 0.2) is 5.82 Å². The molecule has 2 aliphatic carbocycles.